The fourth-order valence-electron chi connectivity index (χ4n) is 1.61. The van der Waals surface area contributed by atoms with Gasteiger partial charge in [0.2, 0.25) is 0 Å². The van der Waals surface area contributed by atoms with Gasteiger partial charge in [0.05, 0.1) is 13.3 Å². The summed E-state index contributed by atoms with van der Waals surface area (Å²) in [7, 11) is 3.51. The smallest absolute Gasteiger partial charge is 0.347 e. The van der Waals surface area contributed by atoms with E-state index in [0.717, 1.165) is 11.3 Å². The van der Waals surface area contributed by atoms with E-state index in [1.54, 1.807) is 7.11 Å². The van der Waals surface area contributed by atoms with Crippen LogP contribution in [-0.4, -0.2) is 30.2 Å². The quantitative estimate of drug-likeness (QED) is 0.910. The number of rotatable bonds is 5. The van der Waals surface area contributed by atoms with Crippen molar-refractivity contribution in [1.29, 1.82) is 0 Å². The minimum atomic E-state index is -0.943. The lowest BCUT2D eigenvalue weighted by Crippen LogP contribution is -2.15. The minimum absolute atomic E-state index is 0.247. The zero-order valence-electron chi connectivity index (χ0n) is 10.7. The van der Waals surface area contributed by atoms with E-state index in [1.807, 2.05) is 36.2 Å². The number of methoxy groups -OCH3 is 1. The highest BCUT2D eigenvalue weighted by atomic mass is 32.1. The molecule has 0 aliphatic rings. The first-order valence-corrected chi connectivity index (χ1v) is 6.45. The van der Waals surface area contributed by atoms with Crippen LogP contribution in [0.4, 0.5) is 5.13 Å². The van der Waals surface area contributed by atoms with Crippen molar-refractivity contribution < 1.29 is 14.6 Å². The van der Waals surface area contributed by atoms with Gasteiger partial charge in [-0.3, -0.25) is 0 Å². The van der Waals surface area contributed by atoms with Crippen LogP contribution in [0, 0.1) is 0 Å². The molecule has 0 atom stereocenters. The lowest BCUT2D eigenvalue weighted by Gasteiger charge is -2.15. The van der Waals surface area contributed by atoms with Gasteiger partial charge in [-0.25, -0.2) is 9.78 Å². The van der Waals surface area contributed by atoms with E-state index < -0.39 is 5.97 Å². The number of hydrogen-bond acceptors (Lipinski definition) is 5. The number of hydrogen-bond donors (Lipinski definition) is 1. The predicted molar refractivity (Wildman–Crippen MR) is 74.2 cm³/mol. The van der Waals surface area contributed by atoms with Crippen molar-refractivity contribution in [2.75, 3.05) is 19.1 Å². The molecule has 6 heteroatoms. The number of ether oxygens (including phenoxy) is 1. The number of nitrogens with zero attached hydrogens (tertiary/aromatic N) is 2. The highest BCUT2D eigenvalue weighted by Gasteiger charge is 2.11. The fraction of sp³-hybridized carbons (Fsp3) is 0.231. The summed E-state index contributed by atoms with van der Waals surface area (Å²) in [6.07, 6.45) is 1.38. The van der Waals surface area contributed by atoms with Crippen LogP contribution in [0.3, 0.4) is 0 Å². The molecule has 2 aromatic rings. The molecule has 19 heavy (non-hydrogen) atoms. The van der Waals surface area contributed by atoms with Gasteiger partial charge in [0.1, 0.15) is 10.6 Å². The zero-order valence-corrected chi connectivity index (χ0v) is 11.5. The molecule has 0 amide bonds. The Kier molecular flexibility index (Phi) is 4.01. The van der Waals surface area contributed by atoms with Gasteiger partial charge in [-0.15, -0.1) is 0 Å². The number of carboxylic acid groups (broad SMARTS) is 1. The third-order valence-electron chi connectivity index (χ3n) is 2.61. The van der Waals surface area contributed by atoms with E-state index in [2.05, 4.69) is 4.98 Å². The first-order chi connectivity index (χ1) is 9.10. The van der Waals surface area contributed by atoms with Crippen molar-refractivity contribution >= 4 is 22.4 Å². The maximum Gasteiger partial charge on any atom is 0.347 e. The first kappa shape index (κ1) is 13.4. The number of anilines is 1. The number of carboxylic acids is 1. The molecule has 100 valence electrons. The van der Waals surface area contributed by atoms with Gasteiger partial charge in [-0.2, -0.15) is 0 Å². The van der Waals surface area contributed by atoms with Crippen molar-refractivity contribution in [3.63, 3.8) is 0 Å². The molecule has 1 heterocycles. The zero-order chi connectivity index (χ0) is 13.8. The number of aromatic nitrogens is 1. The molecule has 0 saturated carbocycles. The second-order valence-electron chi connectivity index (χ2n) is 4.02. The third kappa shape index (κ3) is 3.23. The number of aromatic carboxylic acids is 1. The second-order valence-corrected chi connectivity index (χ2v) is 5.03. The highest BCUT2D eigenvalue weighted by Crippen LogP contribution is 2.23. The Morgan fingerprint density at radius 2 is 2.11 bits per heavy atom. The SMILES string of the molecule is COc1ccc(CN(C)c2ncc(C(=O)O)s2)cc1. The molecule has 0 fully saturated rings. The lowest BCUT2D eigenvalue weighted by molar-refractivity contribution is 0.0702. The van der Waals surface area contributed by atoms with E-state index in [1.165, 1.54) is 17.5 Å². The summed E-state index contributed by atoms with van der Waals surface area (Å²) in [6.45, 7) is 0.663. The molecule has 0 radical (unpaired) electrons. The molecule has 0 aliphatic carbocycles. The maximum absolute atomic E-state index is 10.8. The van der Waals surface area contributed by atoms with Crippen LogP contribution >= 0.6 is 11.3 Å². The molecule has 1 aromatic carbocycles. The van der Waals surface area contributed by atoms with Crippen molar-refractivity contribution in [3.8, 4) is 5.75 Å². The number of carbonyl (C=O) groups is 1. The topological polar surface area (TPSA) is 62.7 Å². The lowest BCUT2D eigenvalue weighted by atomic mass is 10.2. The summed E-state index contributed by atoms with van der Waals surface area (Å²) in [5.74, 6) is -0.129. The summed E-state index contributed by atoms with van der Waals surface area (Å²) in [5, 5.41) is 9.55. The fourth-order valence-corrected chi connectivity index (χ4v) is 2.33. The molecule has 0 bridgehead atoms. The van der Waals surface area contributed by atoms with Crippen LogP contribution in [0.2, 0.25) is 0 Å². The highest BCUT2D eigenvalue weighted by molar-refractivity contribution is 7.17. The Balaban J connectivity index is 2.06. The number of benzene rings is 1. The van der Waals surface area contributed by atoms with Gasteiger partial charge in [0.15, 0.2) is 5.13 Å². The predicted octanol–water partition coefficient (Wildman–Crippen LogP) is 2.49. The molecule has 0 aliphatic heterocycles. The van der Waals surface area contributed by atoms with E-state index in [-0.39, 0.29) is 4.88 Å². The number of thiazole rings is 1. The molecule has 0 saturated heterocycles. The molecule has 1 aromatic heterocycles. The standard InChI is InChI=1S/C13H14N2O3S/c1-15(13-14-7-11(19-13)12(16)17)8-9-3-5-10(18-2)6-4-9/h3-7H,8H2,1-2H3,(H,16,17). The van der Waals surface area contributed by atoms with Crippen LogP contribution in [0.15, 0.2) is 30.5 Å². The van der Waals surface area contributed by atoms with Gasteiger partial charge in [-0.1, -0.05) is 23.5 Å². The van der Waals surface area contributed by atoms with E-state index in [4.69, 9.17) is 9.84 Å². The Morgan fingerprint density at radius 1 is 1.42 bits per heavy atom. The molecule has 0 spiro atoms. The van der Waals surface area contributed by atoms with Crippen LogP contribution in [0.1, 0.15) is 15.2 Å². The normalized spacial score (nSPS) is 10.2. The summed E-state index contributed by atoms with van der Waals surface area (Å²) < 4.78 is 5.10. The Morgan fingerprint density at radius 3 is 2.63 bits per heavy atom. The molecular formula is C13H14N2O3S. The van der Waals surface area contributed by atoms with Crippen molar-refractivity contribution in [1.82, 2.24) is 4.98 Å². The average molecular weight is 278 g/mol. The monoisotopic (exact) mass is 278 g/mol. The molecule has 2 rings (SSSR count). The van der Waals surface area contributed by atoms with Crippen molar-refractivity contribution in [2.24, 2.45) is 0 Å². The Hall–Kier alpha value is -2.08. The Bertz CT molecular complexity index is 566. The maximum atomic E-state index is 10.8. The molecule has 5 nitrogen and oxygen atoms in total. The van der Waals surface area contributed by atoms with E-state index in [0.29, 0.717) is 11.7 Å². The third-order valence-corrected chi connectivity index (χ3v) is 3.71. The van der Waals surface area contributed by atoms with Gasteiger partial charge in [-0.05, 0) is 17.7 Å². The van der Waals surface area contributed by atoms with Crippen LogP contribution in [0.5, 0.6) is 5.75 Å². The summed E-state index contributed by atoms with van der Waals surface area (Å²) in [5.41, 5.74) is 1.11. The first-order valence-electron chi connectivity index (χ1n) is 5.63. The second kappa shape index (κ2) is 5.71. The van der Waals surface area contributed by atoms with Gasteiger partial charge in [0, 0.05) is 13.6 Å². The summed E-state index contributed by atoms with van der Waals surface area (Å²) in [6, 6.07) is 7.74. The van der Waals surface area contributed by atoms with E-state index >= 15 is 0 Å². The largest absolute Gasteiger partial charge is 0.497 e. The van der Waals surface area contributed by atoms with Gasteiger partial charge < -0.3 is 14.7 Å². The van der Waals surface area contributed by atoms with E-state index in [9.17, 15) is 4.79 Å². The summed E-state index contributed by atoms with van der Waals surface area (Å²) in [4.78, 5) is 17.1. The van der Waals surface area contributed by atoms with Crippen LogP contribution < -0.4 is 9.64 Å². The average Bonchev–Trinajstić information content (AvgIpc) is 2.89. The van der Waals surface area contributed by atoms with Gasteiger partial charge >= 0.3 is 5.97 Å². The summed E-state index contributed by atoms with van der Waals surface area (Å²) >= 11 is 1.17. The molecule has 0 unspecified atom stereocenters. The Labute approximate surface area is 115 Å². The van der Waals surface area contributed by atoms with Gasteiger partial charge in [0.25, 0.3) is 0 Å². The van der Waals surface area contributed by atoms with Crippen molar-refractivity contribution in [2.45, 2.75) is 6.54 Å². The van der Waals surface area contributed by atoms with Crippen LogP contribution in [-0.2, 0) is 6.54 Å². The molecule has 1 N–H and O–H groups in total. The minimum Gasteiger partial charge on any atom is -0.497 e. The van der Waals surface area contributed by atoms with Crippen LogP contribution in [0.25, 0.3) is 0 Å². The molecular weight excluding hydrogens is 264 g/mol. The van der Waals surface area contributed by atoms with Crippen molar-refractivity contribution in [3.05, 3.63) is 40.9 Å².